The van der Waals surface area contributed by atoms with Gasteiger partial charge in [-0.25, -0.2) is 0 Å². The number of nitrogens with one attached hydrogen (secondary N) is 1. The molecule has 0 aromatic carbocycles. The highest BCUT2D eigenvalue weighted by Gasteiger charge is 2.30. The summed E-state index contributed by atoms with van der Waals surface area (Å²) in [4.78, 5) is 0. The van der Waals surface area contributed by atoms with Gasteiger partial charge in [0.1, 0.15) is 0 Å². The van der Waals surface area contributed by atoms with Crippen molar-refractivity contribution in [2.75, 3.05) is 19.7 Å². The topological polar surface area (TPSA) is 21.3 Å². The Bertz CT molecular complexity index is 157. The highest BCUT2D eigenvalue weighted by atomic mass is 16.5. The van der Waals surface area contributed by atoms with E-state index in [1.54, 1.807) is 0 Å². The largest absolute Gasteiger partial charge is 0.376 e. The Morgan fingerprint density at radius 2 is 2.15 bits per heavy atom. The maximum atomic E-state index is 5.93. The van der Waals surface area contributed by atoms with Gasteiger partial charge in [-0.3, -0.25) is 0 Å². The monoisotopic (exact) mass is 183 g/mol. The van der Waals surface area contributed by atoms with Gasteiger partial charge in [-0.15, -0.1) is 0 Å². The van der Waals surface area contributed by atoms with Gasteiger partial charge in [-0.05, 0) is 31.2 Å². The summed E-state index contributed by atoms with van der Waals surface area (Å²) in [5, 5.41) is 3.34. The van der Waals surface area contributed by atoms with E-state index >= 15 is 0 Å². The van der Waals surface area contributed by atoms with E-state index in [2.05, 4.69) is 12.2 Å². The number of ether oxygens (including phenoxy) is 1. The zero-order valence-electron chi connectivity index (χ0n) is 8.64. The van der Waals surface area contributed by atoms with Crippen LogP contribution in [0.4, 0.5) is 0 Å². The van der Waals surface area contributed by atoms with Gasteiger partial charge in [0.25, 0.3) is 0 Å². The van der Waals surface area contributed by atoms with Crippen molar-refractivity contribution in [1.29, 1.82) is 0 Å². The summed E-state index contributed by atoms with van der Waals surface area (Å²) in [6.45, 7) is 5.57. The lowest BCUT2D eigenvalue weighted by molar-refractivity contribution is 0.00880. The summed E-state index contributed by atoms with van der Waals surface area (Å²) in [5.74, 6) is 0. The standard InChI is InChI=1S/C11H21NO/c1-11(5-2-3-6-11)9-13-10-4-7-12-8-10/h10,12H,2-9H2,1H3. The van der Waals surface area contributed by atoms with Gasteiger partial charge in [0.2, 0.25) is 0 Å². The molecule has 0 spiro atoms. The number of hydrogen-bond donors (Lipinski definition) is 1. The molecule has 0 amide bonds. The first-order chi connectivity index (χ1) is 6.29. The van der Waals surface area contributed by atoms with E-state index < -0.39 is 0 Å². The zero-order valence-corrected chi connectivity index (χ0v) is 8.64. The fourth-order valence-corrected chi connectivity index (χ4v) is 2.46. The highest BCUT2D eigenvalue weighted by molar-refractivity contribution is 4.81. The van der Waals surface area contributed by atoms with Gasteiger partial charge in [-0.1, -0.05) is 19.8 Å². The quantitative estimate of drug-likeness (QED) is 0.722. The lowest BCUT2D eigenvalue weighted by Crippen LogP contribution is -2.25. The molecule has 2 fully saturated rings. The molecule has 1 aliphatic heterocycles. The second-order valence-electron chi connectivity index (χ2n) is 4.94. The van der Waals surface area contributed by atoms with Gasteiger partial charge in [0, 0.05) is 6.54 Å². The summed E-state index contributed by atoms with van der Waals surface area (Å²) < 4.78 is 5.93. The molecule has 0 radical (unpaired) electrons. The van der Waals surface area contributed by atoms with Crippen LogP contribution in [0.3, 0.4) is 0 Å². The second kappa shape index (κ2) is 3.97. The molecular formula is C11H21NO. The van der Waals surface area contributed by atoms with Gasteiger partial charge in [0.05, 0.1) is 12.7 Å². The third kappa shape index (κ3) is 2.44. The average Bonchev–Trinajstić information content (AvgIpc) is 2.72. The molecule has 0 bridgehead atoms. The Kier molecular flexibility index (Phi) is 2.89. The smallest absolute Gasteiger partial charge is 0.0711 e. The molecule has 2 nitrogen and oxygen atoms in total. The number of rotatable bonds is 3. The molecule has 13 heavy (non-hydrogen) atoms. The normalized spacial score (nSPS) is 32.5. The van der Waals surface area contributed by atoms with Crippen LogP contribution in [0.2, 0.25) is 0 Å². The minimum absolute atomic E-state index is 0.498. The van der Waals surface area contributed by atoms with E-state index in [0.717, 1.165) is 19.7 Å². The molecule has 1 unspecified atom stereocenters. The molecule has 1 saturated heterocycles. The predicted molar refractivity (Wildman–Crippen MR) is 53.8 cm³/mol. The molecule has 2 rings (SSSR count). The zero-order chi connectivity index (χ0) is 9.15. The molecule has 0 aromatic rings. The van der Waals surface area contributed by atoms with Gasteiger partial charge >= 0.3 is 0 Å². The summed E-state index contributed by atoms with van der Waals surface area (Å²) in [7, 11) is 0. The van der Waals surface area contributed by atoms with Crippen molar-refractivity contribution in [3.8, 4) is 0 Å². The molecule has 1 N–H and O–H groups in total. The van der Waals surface area contributed by atoms with Crippen molar-refractivity contribution in [2.45, 2.75) is 45.1 Å². The highest BCUT2D eigenvalue weighted by Crippen LogP contribution is 2.37. The Morgan fingerprint density at radius 1 is 1.38 bits per heavy atom. The lowest BCUT2D eigenvalue weighted by atomic mass is 9.90. The van der Waals surface area contributed by atoms with E-state index in [0.29, 0.717) is 11.5 Å². The molecule has 1 heterocycles. The van der Waals surface area contributed by atoms with E-state index in [9.17, 15) is 0 Å². The first kappa shape index (κ1) is 9.47. The molecule has 2 aliphatic rings. The van der Waals surface area contributed by atoms with Crippen LogP contribution in [0.25, 0.3) is 0 Å². The predicted octanol–water partition coefficient (Wildman–Crippen LogP) is 1.95. The molecule has 1 aliphatic carbocycles. The maximum Gasteiger partial charge on any atom is 0.0711 e. The summed E-state index contributed by atoms with van der Waals surface area (Å²) >= 11 is 0. The summed E-state index contributed by atoms with van der Waals surface area (Å²) in [6.07, 6.45) is 7.25. The van der Waals surface area contributed by atoms with E-state index in [-0.39, 0.29) is 0 Å². The third-order valence-corrected chi connectivity index (χ3v) is 3.49. The van der Waals surface area contributed by atoms with Crippen molar-refractivity contribution < 1.29 is 4.74 Å². The summed E-state index contributed by atoms with van der Waals surface area (Å²) in [5.41, 5.74) is 0.503. The Morgan fingerprint density at radius 3 is 2.77 bits per heavy atom. The Hall–Kier alpha value is -0.0800. The van der Waals surface area contributed by atoms with E-state index in [1.807, 2.05) is 0 Å². The SMILES string of the molecule is CC1(COC2CCNC2)CCCC1. The lowest BCUT2D eigenvalue weighted by Gasteiger charge is -2.25. The minimum atomic E-state index is 0.498. The number of hydrogen-bond acceptors (Lipinski definition) is 2. The molecule has 0 aromatic heterocycles. The fraction of sp³-hybridized carbons (Fsp3) is 1.00. The molecule has 1 atom stereocenters. The van der Waals surface area contributed by atoms with Crippen LogP contribution in [0.5, 0.6) is 0 Å². The van der Waals surface area contributed by atoms with Gasteiger partial charge in [-0.2, -0.15) is 0 Å². The first-order valence-electron chi connectivity index (χ1n) is 5.61. The van der Waals surface area contributed by atoms with Crippen LogP contribution in [0.1, 0.15) is 39.0 Å². The van der Waals surface area contributed by atoms with Crippen molar-refractivity contribution >= 4 is 0 Å². The minimum Gasteiger partial charge on any atom is -0.376 e. The van der Waals surface area contributed by atoms with E-state index in [4.69, 9.17) is 4.74 Å². The molecular weight excluding hydrogens is 162 g/mol. The average molecular weight is 183 g/mol. The van der Waals surface area contributed by atoms with E-state index in [1.165, 1.54) is 32.1 Å². The second-order valence-corrected chi connectivity index (χ2v) is 4.94. The Balaban J connectivity index is 1.71. The van der Waals surface area contributed by atoms with Crippen LogP contribution in [-0.4, -0.2) is 25.8 Å². The van der Waals surface area contributed by atoms with Crippen LogP contribution in [0.15, 0.2) is 0 Å². The molecule has 2 heteroatoms. The van der Waals surface area contributed by atoms with Gasteiger partial charge in [0.15, 0.2) is 0 Å². The fourth-order valence-electron chi connectivity index (χ4n) is 2.46. The van der Waals surface area contributed by atoms with Crippen molar-refractivity contribution in [1.82, 2.24) is 5.32 Å². The Labute approximate surface area is 81.0 Å². The van der Waals surface area contributed by atoms with Crippen LogP contribution >= 0.6 is 0 Å². The third-order valence-electron chi connectivity index (χ3n) is 3.49. The van der Waals surface area contributed by atoms with Crippen molar-refractivity contribution in [3.63, 3.8) is 0 Å². The van der Waals surface area contributed by atoms with Crippen LogP contribution in [0, 0.1) is 5.41 Å². The summed E-state index contributed by atoms with van der Waals surface area (Å²) in [6, 6.07) is 0. The van der Waals surface area contributed by atoms with Crippen LogP contribution < -0.4 is 5.32 Å². The maximum absolute atomic E-state index is 5.93. The van der Waals surface area contributed by atoms with Gasteiger partial charge < -0.3 is 10.1 Å². The van der Waals surface area contributed by atoms with Crippen LogP contribution in [-0.2, 0) is 4.74 Å². The van der Waals surface area contributed by atoms with Crippen molar-refractivity contribution in [3.05, 3.63) is 0 Å². The molecule has 1 saturated carbocycles. The first-order valence-corrected chi connectivity index (χ1v) is 5.61. The van der Waals surface area contributed by atoms with Crippen molar-refractivity contribution in [2.24, 2.45) is 5.41 Å². The molecule has 76 valence electrons.